The van der Waals surface area contributed by atoms with Gasteiger partial charge in [-0.15, -0.1) is 0 Å². The third kappa shape index (κ3) is 4.88. The minimum Gasteiger partial charge on any atom is -0.478 e. The number of aliphatic hydroxyl groups is 1. The summed E-state index contributed by atoms with van der Waals surface area (Å²) in [6, 6.07) is 0. The fourth-order valence-corrected chi connectivity index (χ4v) is 2.41. The smallest absolute Gasteiger partial charge is 0.330 e. The number of rotatable bonds is 5. The molecule has 0 saturated heterocycles. The summed E-state index contributed by atoms with van der Waals surface area (Å²) in [5.74, 6) is -0.316. The Hall–Kier alpha value is -0.870. The van der Waals surface area contributed by atoms with Crippen molar-refractivity contribution < 1.29 is 15.0 Å². The highest BCUT2D eigenvalue weighted by Crippen LogP contribution is 2.31. The fraction of sp³-hybridized carbons (Fsp3) is 0.769. The molecule has 0 spiro atoms. The van der Waals surface area contributed by atoms with Crippen LogP contribution in [0, 0.1) is 5.92 Å². The van der Waals surface area contributed by atoms with E-state index in [2.05, 4.69) is 12.2 Å². The predicted octanol–water partition coefficient (Wildman–Crippen LogP) is 1.55. The van der Waals surface area contributed by atoms with E-state index in [1.807, 2.05) is 0 Å². The highest BCUT2D eigenvalue weighted by atomic mass is 16.4. The molecule has 0 heterocycles. The lowest BCUT2D eigenvalue weighted by atomic mass is 9.79. The molecule has 2 unspecified atom stereocenters. The van der Waals surface area contributed by atoms with Gasteiger partial charge >= 0.3 is 5.97 Å². The van der Waals surface area contributed by atoms with Crippen LogP contribution in [0.4, 0.5) is 0 Å². The summed E-state index contributed by atoms with van der Waals surface area (Å²) in [6.45, 7) is 4.77. The van der Waals surface area contributed by atoms with Crippen LogP contribution in [0.5, 0.6) is 0 Å². The van der Waals surface area contributed by atoms with Crippen LogP contribution in [-0.2, 0) is 4.79 Å². The molecule has 0 aromatic heterocycles. The van der Waals surface area contributed by atoms with Gasteiger partial charge in [-0.05, 0) is 25.7 Å². The van der Waals surface area contributed by atoms with E-state index in [1.54, 1.807) is 13.0 Å². The van der Waals surface area contributed by atoms with E-state index in [0.29, 0.717) is 24.6 Å². The second-order valence-electron chi connectivity index (χ2n) is 5.25. The van der Waals surface area contributed by atoms with Gasteiger partial charge in [0.1, 0.15) is 0 Å². The topological polar surface area (TPSA) is 69.6 Å². The fourth-order valence-electron chi connectivity index (χ4n) is 2.41. The molecule has 0 aromatic rings. The molecule has 4 heteroatoms. The molecule has 1 aliphatic carbocycles. The average Bonchev–Trinajstić information content (AvgIpc) is 2.23. The van der Waals surface area contributed by atoms with Gasteiger partial charge in [-0.3, -0.25) is 0 Å². The van der Waals surface area contributed by atoms with Crippen LogP contribution in [0.3, 0.4) is 0 Å². The van der Waals surface area contributed by atoms with Crippen molar-refractivity contribution in [1.29, 1.82) is 0 Å². The molecule has 1 rings (SSSR count). The molecule has 0 aliphatic heterocycles. The Labute approximate surface area is 103 Å². The van der Waals surface area contributed by atoms with Gasteiger partial charge in [-0.2, -0.15) is 0 Å². The molecule has 0 bridgehead atoms. The number of carbonyl (C=O) groups is 1. The Kier molecular flexibility index (Phi) is 5.15. The van der Waals surface area contributed by atoms with E-state index in [9.17, 15) is 9.90 Å². The number of carboxylic acid groups (broad SMARTS) is 1. The molecule has 3 N–H and O–H groups in total. The van der Waals surface area contributed by atoms with Gasteiger partial charge in [0.05, 0.1) is 5.60 Å². The maximum atomic E-state index is 10.6. The Bertz CT molecular complexity index is 301. The molecule has 2 atom stereocenters. The lowest BCUT2D eigenvalue weighted by molar-refractivity contribution is -0.132. The first kappa shape index (κ1) is 14.2. The number of hydrogen-bond donors (Lipinski definition) is 3. The molecule has 1 saturated carbocycles. The zero-order valence-electron chi connectivity index (χ0n) is 10.7. The standard InChI is InChI=1S/C13H23NO3/c1-10-4-3-6-13(17,8-10)9-14-7-5-11(2)12(15)16/h5,10,14,17H,3-4,6-9H2,1-2H3,(H,15,16)/b11-5-. The minimum atomic E-state index is -0.892. The maximum absolute atomic E-state index is 10.6. The lowest BCUT2D eigenvalue weighted by Crippen LogP contribution is -2.44. The summed E-state index contributed by atoms with van der Waals surface area (Å²) in [6.07, 6.45) is 5.58. The molecule has 0 amide bonds. The highest BCUT2D eigenvalue weighted by molar-refractivity contribution is 5.85. The maximum Gasteiger partial charge on any atom is 0.330 e. The van der Waals surface area contributed by atoms with Gasteiger partial charge in [0.25, 0.3) is 0 Å². The van der Waals surface area contributed by atoms with Crippen LogP contribution >= 0.6 is 0 Å². The van der Waals surface area contributed by atoms with E-state index in [-0.39, 0.29) is 0 Å². The quantitative estimate of drug-likeness (QED) is 0.504. The zero-order valence-corrected chi connectivity index (χ0v) is 10.7. The van der Waals surface area contributed by atoms with Crippen LogP contribution in [0.25, 0.3) is 0 Å². The monoisotopic (exact) mass is 241 g/mol. The number of hydrogen-bond acceptors (Lipinski definition) is 3. The number of nitrogens with one attached hydrogen (secondary N) is 1. The third-order valence-electron chi connectivity index (χ3n) is 3.41. The summed E-state index contributed by atoms with van der Waals surface area (Å²) in [4.78, 5) is 10.6. The molecule has 0 aromatic carbocycles. The summed E-state index contributed by atoms with van der Waals surface area (Å²) in [7, 11) is 0. The second kappa shape index (κ2) is 6.17. The Morgan fingerprint density at radius 3 is 2.88 bits per heavy atom. The van der Waals surface area contributed by atoms with E-state index < -0.39 is 11.6 Å². The first-order valence-electron chi connectivity index (χ1n) is 6.26. The van der Waals surface area contributed by atoms with Gasteiger partial charge in [-0.25, -0.2) is 4.79 Å². The Balaban J connectivity index is 2.30. The van der Waals surface area contributed by atoms with Crippen molar-refractivity contribution in [3.63, 3.8) is 0 Å². The molecule has 1 fully saturated rings. The Morgan fingerprint density at radius 1 is 1.59 bits per heavy atom. The van der Waals surface area contributed by atoms with E-state index in [4.69, 9.17) is 5.11 Å². The number of carboxylic acids is 1. The second-order valence-corrected chi connectivity index (χ2v) is 5.25. The molecular weight excluding hydrogens is 218 g/mol. The minimum absolute atomic E-state index is 0.335. The van der Waals surface area contributed by atoms with Gasteiger partial charge < -0.3 is 15.5 Å². The first-order chi connectivity index (χ1) is 7.93. The predicted molar refractivity (Wildman–Crippen MR) is 66.8 cm³/mol. The van der Waals surface area contributed by atoms with Crippen molar-refractivity contribution in [2.24, 2.45) is 5.92 Å². The SMILES string of the molecule is C/C(=C/CNCC1(O)CCCC(C)C1)C(=O)O. The molecule has 1 aliphatic rings. The van der Waals surface area contributed by atoms with Crippen molar-refractivity contribution in [2.75, 3.05) is 13.1 Å². The van der Waals surface area contributed by atoms with Crippen LogP contribution in [-0.4, -0.2) is 34.9 Å². The van der Waals surface area contributed by atoms with E-state index >= 15 is 0 Å². The van der Waals surface area contributed by atoms with Crippen LogP contribution < -0.4 is 5.32 Å². The Morgan fingerprint density at radius 2 is 2.29 bits per heavy atom. The van der Waals surface area contributed by atoms with Crippen LogP contribution in [0.1, 0.15) is 39.5 Å². The molecule has 98 valence electrons. The van der Waals surface area contributed by atoms with Crippen molar-refractivity contribution in [3.8, 4) is 0 Å². The van der Waals surface area contributed by atoms with E-state index in [0.717, 1.165) is 19.3 Å². The van der Waals surface area contributed by atoms with Gasteiger partial charge in [-0.1, -0.05) is 25.8 Å². The molecule has 0 radical (unpaired) electrons. The van der Waals surface area contributed by atoms with Gasteiger partial charge in [0.15, 0.2) is 0 Å². The van der Waals surface area contributed by atoms with Gasteiger partial charge in [0, 0.05) is 18.7 Å². The zero-order chi connectivity index (χ0) is 12.9. The normalized spacial score (nSPS) is 30.3. The van der Waals surface area contributed by atoms with E-state index in [1.165, 1.54) is 6.42 Å². The lowest BCUT2D eigenvalue weighted by Gasteiger charge is -2.35. The summed E-state index contributed by atoms with van der Waals surface area (Å²) in [5, 5.41) is 22.1. The first-order valence-corrected chi connectivity index (χ1v) is 6.26. The van der Waals surface area contributed by atoms with Crippen molar-refractivity contribution in [1.82, 2.24) is 5.32 Å². The van der Waals surface area contributed by atoms with Gasteiger partial charge in [0.2, 0.25) is 0 Å². The largest absolute Gasteiger partial charge is 0.478 e. The summed E-state index contributed by atoms with van der Waals surface area (Å²) < 4.78 is 0. The molecular formula is C13H23NO3. The van der Waals surface area contributed by atoms with Crippen molar-refractivity contribution in [3.05, 3.63) is 11.6 Å². The van der Waals surface area contributed by atoms with Crippen LogP contribution in [0.15, 0.2) is 11.6 Å². The van der Waals surface area contributed by atoms with Crippen molar-refractivity contribution >= 4 is 5.97 Å². The molecule has 17 heavy (non-hydrogen) atoms. The molecule has 4 nitrogen and oxygen atoms in total. The average molecular weight is 241 g/mol. The third-order valence-corrected chi connectivity index (χ3v) is 3.41. The number of aliphatic carboxylic acids is 1. The van der Waals surface area contributed by atoms with Crippen LogP contribution in [0.2, 0.25) is 0 Å². The summed E-state index contributed by atoms with van der Waals surface area (Å²) in [5.41, 5.74) is -0.274. The summed E-state index contributed by atoms with van der Waals surface area (Å²) >= 11 is 0. The van der Waals surface area contributed by atoms with Crippen molar-refractivity contribution in [2.45, 2.75) is 45.1 Å². The highest BCUT2D eigenvalue weighted by Gasteiger charge is 2.31.